The second-order valence-corrected chi connectivity index (χ2v) is 4.57. The van der Waals surface area contributed by atoms with Gasteiger partial charge in [0.15, 0.2) is 11.4 Å². The van der Waals surface area contributed by atoms with Gasteiger partial charge in [0.05, 0.1) is 7.11 Å². The normalized spacial score (nSPS) is 25.6. The number of methoxy groups -OCH3 is 1. The molecule has 1 amide bonds. The predicted molar refractivity (Wildman–Crippen MR) is 65.7 cm³/mol. The number of benzene rings is 1. The zero-order valence-electron chi connectivity index (χ0n) is 10.1. The molecule has 0 bridgehead atoms. The molecule has 0 aromatic heterocycles. The van der Waals surface area contributed by atoms with Crippen LogP contribution in [0.25, 0.3) is 0 Å². The monoisotopic (exact) mass is 246 g/mol. The van der Waals surface area contributed by atoms with Gasteiger partial charge in [-0.25, -0.2) is 4.79 Å². The highest BCUT2D eigenvalue weighted by atomic mass is 16.6. The first-order chi connectivity index (χ1) is 8.65. The van der Waals surface area contributed by atoms with Crippen LogP contribution in [0.2, 0.25) is 0 Å². The molecular formula is C13H14N2O3. The number of hydrogen-bond acceptors (Lipinski definition) is 4. The Hall–Kier alpha value is -2.04. The minimum Gasteiger partial charge on any atom is -0.497 e. The lowest BCUT2D eigenvalue weighted by Crippen LogP contribution is -2.42. The molecule has 1 heterocycles. The fourth-order valence-corrected chi connectivity index (χ4v) is 2.75. The van der Waals surface area contributed by atoms with Crippen LogP contribution in [0.3, 0.4) is 0 Å². The molecule has 0 saturated heterocycles. The number of nitrogens with zero attached hydrogens (tertiary/aromatic N) is 1. The summed E-state index contributed by atoms with van der Waals surface area (Å²) in [5, 5.41) is 0. The Morgan fingerprint density at radius 3 is 3.00 bits per heavy atom. The van der Waals surface area contributed by atoms with Crippen LogP contribution >= 0.6 is 0 Å². The quantitative estimate of drug-likeness (QED) is 0.819. The summed E-state index contributed by atoms with van der Waals surface area (Å²) >= 11 is 0. The highest BCUT2D eigenvalue weighted by molar-refractivity contribution is 6.02. The second-order valence-electron chi connectivity index (χ2n) is 4.57. The van der Waals surface area contributed by atoms with E-state index in [2.05, 4.69) is 4.99 Å². The van der Waals surface area contributed by atoms with Gasteiger partial charge >= 0.3 is 6.09 Å². The van der Waals surface area contributed by atoms with Gasteiger partial charge in [0.25, 0.3) is 0 Å². The van der Waals surface area contributed by atoms with Crippen LogP contribution in [-0.2, 0) is 16.8 Å². The average molecular weight is 246 g/mol. The lowest BCUT2D eigenvalue weighted by molar-refractivity contribution is 0.0665. The number of carbonyl (C=O) groups excluding carboxylic acids is 1. The van der Waals surface area contributed by atoms with Crippen molar-refractivity contribution in [2.75, 3.05) is 7.11 Å². The molecule has 0 saturated carbocycles. The van der Waals surface area contributed by atoms with Crippen LogP contribution < -0.4 is 10.5 Å². The Morgan fingerprint density at radius 1 is 1.50 bits per heavy atom. The molecule has 18 heavy (non-hydrogen) atoms. The number of aliphatic imine (C=N–C) groups is 1. The van der Waals surface area contributed by atoms with E-state index in [-0.39, 0.29) is 5.84 Å². The van der Waals surface area contributed by atoms with Crippen LogP contribution in [0.1, 0.15) is 24.0 Å². The van der Waals surface area contributed by atoms with E-state index in [0.29, 0.717) is 6.42 Å². The van der Waals surface area contributed by atoms with Crippen LogP contribution in [0.5, 0.6) is 5.75 Å². The summed E-state index contributed by atoms with van der Waals surface area (Å²) in [5.74, 6) is 1.06. The molecule has 5 heteroatoms. The van der Waals surface area contributed by atoms with Gasteiger partial charge in [-0.2, -0.15) is 4.99 Å². The average Bonchev–Trinajstić information content (AvgIpc) is 2.64. The zero-order valence-corrected chi connectivity index (χ0v) is 10.1. The van der Waals surface area contributed by atoms with Crippen LogP contribution in [0.15, 0.2) is 23.2 Å². The first-order valence-electron chi connectivity index (χ1n) is 5.91. The van der Waals surface area contributed by atoms with Gasteiger partial charge in [-0.05, 0) is 37.0 Å². The van der Waals surface area contributed by atoms with Crippen molar-refractivity contribution in [1.82, 2.24) is 0 Å². The Morgan fingerprint density at radius 2 is 2.33 bits per heavy atom. The fourth-order valence-electron chi connectivity index (χ4n) is 2.75. The number of amidine groups is 1. The number of amides is 1. The first-order valence-corrected chi connectivity index (χ1v) is 5.91. The second kappa shape index (κ2) is 3.73. The third-order valence-corrected chi connectivity index (χ3v) is 3.61. The largest absolute Gasteiger partial charge is 0.497 e. The number of hydrogen-bond donors (Lipinski definition) is 1. The van der Waals surface area contributed by atoms with E-state index in [1.54, 1.807) is 7.11 Å². The molecule has 2 aliphatic rings. The number of fused-ring (bicyclic) bond motifs is 2. The molecule has 3 rings (SSSR count). The van der Waals surface area contributed by atoms with Gasteiger partial charge in [0, 0.05) is 5.56 Å². The van der Waals surface area contributed by atoms with Crippen LogP contribution in [0.4, 0.5) is 4.79 Å². The summed E-state index contributed by atoms with van der Waals surface area (Å²) in [6.07, 6.45) is 1.92. The highest BCUT2D eigenvalue weighted by Gasteiger charge is 2.48. The van der Waals surface area contributed by atoms with E-state index < -0.39 is 11.7 Å². The minimum atomic E-state index is -0.850. The van der Waals surface area contributed by atoms with Gasteiger partial charge in [-0.3, -0.25) is 0 Å². The van der Waals surface area contributed by atoms with Gasteiger partial charge in [-0.15, -0.1) is 0 Å². The van der Waals surface area contributed by atoms with Gasteiger partial charge in [0.2, 0.25) is 0 Å². The molecule has 1 aromatic carbocycles. The summed E-state index contributed by atoms with van der Waals surface area (Å²) < 4.78 is 10.6. The number of carbonyl (C=O) groups is 1. The van der Waals surface area contributed by atoms with Crippen LogP contribution in [-0.4, -0.2) is 19.0 Å². The van der Waals surface area contributed by atoms with Crippen LogP contribution in [0, 0.1) is 0 Å². The van der Waals surface area contributed by atoms with Crippen molar-refractivity contribution < 1.29 is 14.3 Å². The number of nitrogens with two attached hydrogens (primary N) is 1. The van der Waals surface area contributed by atoms with Crippen molar-refractivity contribution in [2.24, 2.45) is 10.7 Å². The lowest BCUT2D eigenvalue weighted by Gasteiger charge is -2.33. The topological polar surface area (TPSA) is 73.9 Å². The first kappa shape index (κ1) is 11.1. The molecule has 1 spiro atoms. The zero-order chi connectivity index (χ0) is 12.8. The van der Waals surface area contributed by atoms with Crippen molar-refractivity contribution in [3.8, 4) is 5.75 Å². The van der Waals surface area contributed by atoms with Gasteiger partial charge in [0.1, 0.15) is 5.75 Å². The summed E-state index contributed by atoms with van der Waals surface area (Å²) in [4.78, 5) is 15.1. The van der Waals surface area contributed by atoms with Crippen molar-refractivity contribution in [3.63, 3.8) is 0 Å². The number of aryl methyl sites for hydroxylation is 1. The fraction of sp³-hybridized carbons (Fsp3) is 0.385. The molecular weight excluding hydrogens is 232 g/mol. The van der Waals surface area contributed by atoms with Gasteiger partial charge in [-0.1, -0.05) is 6.07 Å². The summed E-state index contributed by atoms with van der Waals surface area (Å²) in [5.41, 5.74) is 7.08. The van der Waals surface area contributed by atoms with E-state index in [1.807, 2.05) is 18.2 Å². The van der Waals surface area contributed by atoms with Gasteiger partial charge < -0.3 is 15.2 Å². The molecule has 0 fully saturated rings. The Kier molecular flexibility index (Phi) is 2.29. The Labute approximate surface area is 105 Å². The SMILES string of the molecule is COc1ccc2c(c1)CCCC21OC(=O)N=C1N. The van der Waals surface area contributed by atoms with Crippen molar-refractivity contribution in [1.29, 1.82) is 0 Å². The summed E-state index contributed by atoms with van der Waals surface area (Å²) in [6, 6.07) is 5.73. The molecule has 94 valence electrons. The summed E-state index contributed by atoms with van der Waals surface area (Å²) in [7, 11) is 1.63. The molecule has 0 radical (unpaired) electrons. The highest BCUT2D eigenvalue weighted by Crippen LogP contribution is 2.42. The minimum absolute atomic E-state index is 0.263. The predicted octanol–water partition coefficient (Wildman–Crippen LogP) is 1.73. The molecule has 2 N–H and O–H groups in total. The maximum Gasteiger partial charge on any atom is 0.436 e. The summed E-state index contributed by atoms with van der Waals surface area (Å²) in [6.45, 7) is 0. The van der Waals surface area contributed by atoms with Crippen molar-refractivity contribution >= 4 is 11.9 Å². The van der Waals surface area contributed by atoms with E-state index in [9.17, 15) is 4.79 Å². The van der Waals surface area contributed by atoms with E-state index in [1.165, 1.54) is 0 Å². The third kappa shape index (κ3) is 1.40. The maximum atomic E-state index is 11.3. The third-order valence-electron chi connectivity index (χ3n) is 3.61. The Bertz CT molecular complexity index is 553. The molecule has 1 unspecified atom stereocenters. The molecule has 5 nitrogen and oxygen atoms in total. The maximum absolute atomic E-state index is 11.3. The molecule has 1 atom stereocenters. The van der Waals surface area contributed by atoms with E-state index in [0.717, 1.165) is 29.7 Å². The molecule has 1 aliphatic carbocycles. The smallest absolute Gasteiger partial charge is 0.436 e. The lowest BCUT2D eigenvalue weighted by atomic mass is 9.78. The molecule has 1 aliphatic heterocycles. The van der Waals surface area contributed by atoms with E-state index in [4.69, 9.17) is 15.2 Å². The standard InChI is InChI=1S/C13H14N2O3/c1-17-9-4-5-10-8(7-9)3-2-6-13(10)11(14)15-12(16)18-13/h4-5,7H,2-3,6H2,1H3,(H2,14,15,16). The molecule has 1 aromatic rings. The number of rotatable bonds is 1. The van der Waals surface area contributed by atoms with Crippen molar-refractivity contribution in [3.05, 3.63) is 29.3 Å². The Balaban J connectivity index is 2.13. The van der Waals surface area contributed by atoms with Crippen molar-refractivity contribution in [2.45, 2.75) is 24.9 Å². The number of ether oxygens (including phenoxy) is 2. The van der Waals surface area contributed by atoms with E-state index >= 15 is 0 Å².